The van der Waals surface area contributed by atoms with Crippen molar-refractivity contribution in [3.05, 3.63) is 52.5 Å². The molecule has 0 saturated carbocycles. The molecule has 1 amide bonds. The third-order valence-electron chi connectivity index (χ3n) is 2.96. The maximum Gasteiger partial charge on any atom is 0.262 e. The van der Waals surface area contributed by atoms with Crippen LogP contribution in [0, 0.1) is 13.8 Å². The van der Waals surface area contributed by atoms with Gasteiger partial charge in [-0.05, 0) is 43.2 Å². The molecule has 0 bridgehead atoms. The second-order valence-electron chi connectivity index (χ2n) is 4.82. The van der Waals surface area contributed by atoms with Crippen molar-refractivity contribution in [1.82, 2.24) is 0 Å². The van der Waals surface area contributed by atoms with Crippen LogP contribution in [0.3, 0.4) is 0 Å². The van der Waals surface area contributed by atoms with E-state index in [4.69, 9.17) is 22.1 Å². The molecule has 0 saturated heterocycles. The molecule has 110 valence electrons. The van der Waals surface area contributed by atoms with Gasteiger partial charge in [-0.25, -0.2) is 0 Å². The Hall–Kier alpha value is -2.20. The highest BCUT2D eigenvalue weighted by Crippen LogP contribution is 2.29. The van der Waals surface area contributed by atoms with Crippen LogP contribution in [-0.4, -0.2) is 12.5 Å². The van der Waals surface area contributed by atoms with Gasteiger partial charge >= 0.3 is 0 Å². The van der Waals surface area contributed by atoms with E-state index < -0.39 is 0 Å². The van der Waals surface area contributed by atoms with Crippen LogP contribution in [0.5, 0.6) is 5.75 Å². The molecule has 0 fully saturated rings. The van der Waals surface area contributed by atoms with E-state index in [9.17, 15) is 4.79 Å². The highest BCUT2D eigenvalue weighted by molar-refractivity contribution is 6.32. The lowest BCUT2D eigenvalue weighted by Crippen LogP contribution is -2.21. The first-order chi connectivity index (χ1) is 9.97. The first-order valence-electron chi connectivity index (χ1n) is 6.51. The van der Waals surface area contributed by atoms with E-state index in [1.54, 1.807) is 30.3 Å². The summed E-state index contributed by atoms with van der Waals surface area (Å²) >= 11 is 6.13. The third kappa shape index (κ3) is 3.89. The predicted octanol–water partition coefficient (Wildman–Crippen LogP) is 3.56. The average Bonchev–Trinajstić information content (AvgIpc) is 2.40. The largest absolute Gasteiger partial charge is 0.482 e. The number of nitrogens with one attached hydrogen (secondary N) is 1. The summed E-state index contributed by atoms with van der Waals surface area (Å²) in [5.74, 6) is 0.238. The number of carbonyl (C=O) groups is 1. The molecular weight excluding hydrogens is 288 g/mol. The zero-order valence-corrected chi connectivity index (χ0v) is 12.7. The SMILES string of the molecule is Cc1cc(C)c(OCC(=O)Nc2ccccc2N)c(Cl)c1. The van der Waals surface area contributed by atoms with Gasteiger partial charge in [0.2, 0.25) is 0 Å². The number of halogens is 1. The number of hydrogen-bond donors (Lipinski definition) is 2. The number of aryl methyl sites for hydroxylation is 2. The molecule has 2 aromatic rings. The number of ether oxygens (including phenoxy) is 1. The van der Waals surface area contributed by atoms with Gasteiger partial charge in [0.15, 0.2) is 6.61 Å². The van der Waals surface area contributed by atoms with Crippen molar-refractivity contribution in [3.63, 3.8) is 0 Å². The van der Waals surface area contributed by atoms with Crippen molar-refractivity contribution < 1.29 is 9.53 Å². The van der Waals surface area contributed by atoms with Gasteiger partial charge in [-0.15, -0.1) is 0 Å². The second-order valence-corrected chi connectivity index (χ2v) is 5.22. The maximum absolute atomic E-state index is 11.9. The third-order valence-corrected chi connectivity index (χ3v) is 3.24. The summed E-state index contributed by atoms with van der Waals surface area (Å²) in [5, 5.41) is 3.20. The van der Waals surface area contributed by atoms with Crippen LogP contribution in [0.1, 0.15) is 11.1 Å². The van der Waals surface area contributed by atoms with Crippen molar-refractivity contribution in [1.29, 1.82) is 0 Å². The van der Waals surface area contributed by atoms with Crippen LogP contribution in [0.25, 0.3) is 0 Å². The highest BCUT2D eigenvalue weighted by atomic mass is 35.5. The number of benzene rings is 2. The van der Waals surface area contributed by atoms with E-state index in [0.29, 0.717) is 22.1 Å². The summed E-state index contributed by atoms with van der Waals surface area (Å²) in [5.41, 5.74) is 8.78. The van der Waals surface area contributed by atoms with Crippen LogP contribution in [0.2, 0.25) is 5.02 Å². The molecule has 0 aliphatic carbocycles. The summed E-state index contributed by atoms with van der Waals surface area (Å²) in [6.45, 7) is 3.72. The van der Waals surface area contributed by atoms with Crippen LogP contribution in [0.4, 0.5) is 11.4 Å². The molecule has 0 aliphatic rings. The molecule has 0 unspecified atom stereocenters. The molecule has 0 aliphatic heterocycles. The lowest BCUT2D eigenvalue weighted by molar-refractivity contribution is -0.118. The standard InChI is InChI=1S/C16H17ClN2O2/c1-10-7-11(2)16(12(17)8-10)21-9-15(20)19-14-6-4-3-5-13(14)18/h3-8H,9,18H2,1-2H3,(H,19,20). The summed E-state index contributed by atoms with van der Waals surface area (Å²) in [4.78, 5) is 11.9. The fourth-order valence-corrected chi connectivity index (χ4v) is 2.40. The van der Waals surface area contributed by atoms with Crippen molar-refractivity contribution >= 4 is 28.9 Å². The maximum atomic E-state index is 11.9. The van der Waals surface area contributed by atoms with E-state index in [-0.39, 0.29) is 12.5 Å². The summed E-state index contributed by atoms with van der Waals surface area (Å²) in [6, 6.07) is 10.8. The molecule has 0 radical (unpaired) electrons. The average molecular weight is 305 g/mol. The Kier molecular flexibility index (Phi) is 4.70. The minimum absolute atomic E-state index is 0.127. The zero-order valence-electron chi connectivity index (χ0n) is 11.9. The van der Waals surface area contributed by atoms with Gasteiger partial charge in [-0.1, -0.05) is 29.8 Å². The number of carbonyl (C=O) groups excluding carboxylic acids is 1. The van der Waals surface area contributed by atoms with E-state index in [1.807, 2.05) is 19.9 Å². The van der Waals surface area contributed by atoms with Gasteiger partial charge < -0.3 is 15.8 Å². The normalized spacial score (nSPS) is 10.2. The topological polar surface area (TPSA) is 64.3 Å². The smallest absolute Gasteiger partial charge is 0.262 e. The molecule has 0 spiro atoms. The van der Waals surface area contributed by atoms with E-state index in [2.05, 4.69) is 5.32 Å². The summed E-state index contributed by atoms with van der Waals surface area (Å²) in [6.07, 6.45) is 0. The molecule has 2 rings (SSSR count). The van der Waals surface area contributed by atoms with E-state index in [1.165, 1.54) is 0 Å². The molecule has 2 aromatic carbocycles. The number of hydrogen-bond acceptors (Lipinski definition) is 3. The first kappa shape index (κ1) is 15.2. The van der Waals surface area contributed by atoms with Gasteiger partial charge in [0.05, 0.1) is 16.4 Å². The number of nitrogen functional groups attached to an aromatic ring is 1. The molecular formula is C16H17ClN2O2. The lowest BCUT2D eigenvalue weighted by Gasteiger charge is -2.12. The quantitative estimate of drug-likeness (QED) is 0.849. The molecule has 3 N–H and O–H groups in total. The number of amides is 1. The molecule has 0 atom stereocenters. The lowest BCUT2D eigenvalue weighted by atomic mass is 10.1. The minimum Gasteiger partial charge on any atom is -0.482 e. The predicted molar refractivity (Wildman–Crippen MR) is 85.9 cm³/mol. The fourth-order valence-electron chi connectivity index (χ4n) is 2.02. The Bertz CT molecular complexity index is 648. The van der Waals surface area contributed by atoms with Crippen LogP contribution >= 0.6 is 11.6 Å². The Morgan fingerprint density at radius 2 is 2.00 bits per heavy atom. The van der Waals surface area contributed by atoms with Crippen molar-refractivity contribution in [3.8, 4) is 5.75 Å². The van der Waals surface area contributed by atoms with Crippen molar-refractivity contribution in [2.75, 3.05) is 17.7 Å². The Morgan fingerprint density at radius 1 is 1.29 bits per heavy atom. The minimum atomic E-state index is -0.288. The van der Waals surface area contributed by atoms with E-state index in [0.717, 1.165) is 11.1 Å². The van der Waals surface area contributed by atoms with Crippen LogP contribution in [0.15, 0.2) is 36.4 Å². The van der Waals surface area contributed by atoms with Crippen molar-refractivity contribution in [2.24, 2.45) is 0 Å². The Morgan fingerprint density at radius 3 is 2.67 bits per heavy atom. The fraction of sp³-hybridized carbons (Fsp3) is 0.188. The first-order valence-corrected chi connectivity index (χ1v) is 6.89. The molecule has 4 nitrogen and oxygen atoms in total. The van der Waals surface area contributed by atoms with E-state index >= 15 is 0 Å². The monoisotopic (exact) mass is 304 g/mol. The molecule has 21 heavy (non-hydrogen) atoms. The zero-order chi connectivity index (χ0) is 15.4. The van der Waals surface area contributed by atoms with Crippen molar-refractivity contribution in [2.45, 2.75) is 13.8 Å². The van der Waals surface area contributed by atoms with Crippen LogP contribution in [-0.2, 0) is 4.79 Å². The highest BCUT2D eigenvalue weighted by Gasteiger charge is 2.10. The Balaban J connectivity index is 2.01. The van der Waals surface area contributed by atoms with Gasteiger partial charge in [0.1, 0.15) is 5.75 Å². The van der Waals surface area contributed by atoms with Gasteiger partial charge in [0.25, 0.3) is 5.91 Å². The number of anilines is 2. The molecule has 0 aromatic heterocycles. The van der Waals surface area contributed by atoms with Gasteiger partial charge in [-0.2, -0.15) is 0 Å². The summed E-state index contributed by atoms with van der Waals surface area (Å²) < 4.78 is 5.51. The Labute approximate surface area is 128 Å². The number of para-hydroxylation sites is 2. The summed E-state index contributed by atoms with van der Waals surface area (Å²) in [7, 11) is 0. The molecule has 0 heterocycles. The molecule has 5 heteroatoms. The second kappa shape index (κ2) is 6.50. The number of nitrogens with two attached hydrogens (primary N) is 1. The number of rotatable bonds is 4. The van der Waals surface area contributed by atoms with Gasteiger partial charge in [0, 0.05) is 0 Å². The van der Waals surface area contributed by atoms with Crippen LogP contribution < -0.4 is 15.8 Å². The van der Waals surface area contributed by atoms with Gasteiger partial charge in [-0.3, -0.25) is 4.79 Å².